The first-order chi connectivity index (χ1) is 12.2. The zero-order chi connectivity index (χ0) is 17.9. The summed E-state index contributed by atoms with van der Waals surface area (Å²) >= 11 is 0. The summed E-state index contributed by atoms with van der Waals surface area (Å²) in [6.45, 7) is 6.55. The zero-order valence-corrected chi connectivity index (χ0v) is 14.7. The van der Waals surface area contributed by atoms with Crippen molar-refractivity contribution in [3.8, 4) is 0 Å². The van der Waals surface area contributed by atoms with Gasteiger partial charge in [0.15, 0.2) is 5.82 Å². The summed E-state index contributed by atoms with van der Waals surface area (Å²) in [5, 5.41) is 12.4. The summed E-state index contributed by atoms with van der Waals surface area (Å²) in [5.41, 5.74) is 1.71. The molecule has 1 aromatic heterocycles. The van der Waals surface area contributed by atoms with Crippen LogP contribution >= 0.6 is 0 Å². The number of rotatable bonds is 10. The molecule has 8 nitrogen and oxygen atoms in total. The van der Waals surface area contributed by atoms with Crippen LogP contribution in [0.15, 0.2) is 24.3 Å². The molecule has 0 saturated heterocycles. The third-order valence-corrected chi connectivity index (χ3v) is 3.31. The third-order valence-electron chi connectivity index (χ3n) is 3.31. The number of urea groups is 1. The molecule has 2 rings (SSSR count). The second-order valence-electron chi connectivity index (χ2n) is 5.42. The molecule has 0 unspecified atom stereocenters. The highest BCUT2D eigenvalue weighted by Crippen LogP contribution is 2.11. The number of anilines is 1. The third kappa shape index (κ3) is 7.32. The van der Waals surface area contributed by atoms with Crippen molar-refractivity contribution < 1.29 is 14.3 Å². The molecule has 2 amide bonds. The first kappa shape index (κ1) is 18.9. The van der Waals surface area contributed by atoms with Crippen molar-refractivity contribution in [3.05, 3.63) is 41.5 Å². The van der Waals surface area contributed by atoms with E-state index in [2.05, 4.69) is 25.8 Å². The molecule has 3 N–H and O–H groups in total. The van der Waals surface area contributed by atoms with Crippen molar-refractivity contribution in [1.29, 1.82) is 0 Å². The molecule has 1 heterocycles. The summed E-state index contributed by atoms with van der Waals surface area (Å²) in [7, 11) is 0. The van der Waals surface area contributed by atoms with Crippen molar-refractivity contribution >= 4 is 11.7 Å². The van der Waals surface area contributed by atoms with E-state index in [1.165, 1.54) is 0 Å². The van der Waals surface area contributed by atoms with Gasteiger partial charge in [-0.2, -0.15) is 5.10 Å². The minimum Gasteiger partial charge on any atom is -0.379 e. The van der Waals surface area contributed by atoms with Crippen molar-refractivity contribution in [2.24, 2.45) is 0 Å². The number of ether oxygens (including phenoxy) is 2. The first-order valence-corrected chi connectivity index (χ1v) is 8.34. The van der Waals surface area contributed by atoms with Crippen molar-refractivity contribution in [3.63, 3.8) is 0 Å². The minimum absolute atomic E-state index is 0.262. The highest BCUT2D eigenvalue weighted by molar-refractivity contribution is 5.89. The smallest absolute Gasteiger partial charge is 0.319 e. The number of hydrogen-bond acceptors (Lipinski definition) is 5. The Labute approximate surface area is 147 Å². The fraction of sp³-hybridized carbons (Fsp3) is 0.471. The van der Waals surface area contributed by atoms with Gasteiger partial charge in [0.25, 0.3) is 0 Å². The van der Waals surface area contributed by atoms with Gasteiger partial charge in [-0.05, 0) is 31.5 Å². The molecule has 0 aliphatic carbocycles. The van der Waals surface area contributed by atoms with Gasteiger partial charge >= 0.3 is 6.03 Å². The van der Waals surface area contributed by atoms with Crippen LogP contribution in [0.2, 0.25) is 0 Å². The Balaban J connectivity index is 1.70. The summed E-state index contributed by atoms with van der Waals surface area (Å²) in [6, 6.07) is 7.30. The number of hydrogen-bond donors (Lipinski definition) is 3. The molecule has 0 saturated carbocycles. The van der Waals surface area contributed by atoms with Crippen LogP contribution in [0.4, 0.5) is 10.5 Å². The van der Waals surface area contributed by atoms with Crippen LogP contribution in [0.3, 0.4) is 0 Å². The Hall–Kier alpha value is -2.45. The molecule has 25 heavy (non-hydrogen) atoms. The van der Waals surface area contributed by atoms with Gasteiger partial charge in [-0.3, -0.25) is 5.10 Å². The summed E-state index contributed by atoms with van der Waals surface area (Å²) in [4.78, 5) is 16.1. The lowest BCUT2D eigenvalue weighted by Crippen LogP contribution is -2.30. The first-order valence-electron chi connectivity index (χ1n) is 8.34. The van der Waals surface area contributed by atoms with E-state index in [1.807, 2.05) is 38.1 Å². The van der Waals surface area contributed by atoms with E-state index in [9.17, 15) is 4.79 Å². The molecule has 0 aliphatic rings. The van der Waals surface area contributed by atoms with Crippen molar-refractivity contribution in [1.82, 2.24) is 20.5 Å². The Morgan fingerprint density at radius 1 is 1.28 bits per heavy atom. The van der Waals surface area contributed by atoms with Crippen LogP contribution < -0.4 is 10.6 Å². The molecule has 2 aromatic rings. The van der Waals surface area contributed by atoms with Crippen LogP contribution in [-0.4, -0.2) is 47.6 Å². The molecule has 1 aromatic carbocycles. The predicted molar refractivity (Wildman–Crippen MR) is 94.4 cm³/mol. The standard InChI is InChI=1S/C17H25N5O3/c1-3-24-9-10-25-12-14-5-4-6-15(11-14)20-17(23)18-8-7-16-19-13(2)21-22-16/h4-6,11H,3,7-10,12H2,1-2H3,(H2,18,20,23)(H,19,21,22). The van der Waals surface area contributed by atoms with Gasteiger partial charge in [-0.1, -0.05) is 12.1 Å². The average Bonchev–Trinajstić information content (AvgIpc) is 3.00. The van der Waals surface area contributed by atoms with Gasteiger partial charge in [-0.25, -0.2) is 9.78 Å². The fourth-order valence-corrected chi connectivity index (χ4v) is 2.16. The fourth-order valence-electron chi connectivity index (χ4n) is 2.16. The predicted octanol–water partition coefficient (Wildman–Crippen LogP) is 2.03. The maximum absolute atomic E-state index is 11.9. The van der Waals surface area contributed by atoms with Gasteiger partial charge in [0, 0.05) is 25.3 Å². The van der Waals surface area contributed by atoms with E-state index >= 15 is 0 Å². The SMILES string of the molecule is CCOCCOCc1cccc(NC(=O)NCCc2n[nH]c(C)n2)c1. The van der Waals surface area contributed by atoms with Gasteiger partial charge in [0.05, 0.1) is 19.8 Å². The molecule has 136 valence electrons. The number of H-pyrrole nitrogens is 1. The molecule has 8 heteroatoms. The second kappa shape index (κ2) is 10.4. The number of benzene rings is 1. The number of amides is 2. The maximum Gasteiger partial charge on any atom is 0.319 e. The molecular formula is C17H25N5O3. The molecule has 0 spiro atoms. The molecule has 0 bridgehead atoms. The molecular weight excluding hydrogens is 322 g/mol. The Morgan fingerprint density at radius 3 is 2.88 bits per heavy atom. The van der Waals surface area contributed by atoms with Gasteiger partial charge in [0.2, 0.25) is 0 Å². The maximum atomic E-state index is 11.9. The minimum atomic E-state index is -0.262. The summed E-state index contributed by atoms with van der Waals surface area (Å²) < 4.78 is 10.7. The number of aryl methyl sites for hydroxylation is 1. The van der Waals surface area contributed by atoms with Gasteiger partial charge < -0.3 is 20.1 Å². The lowest BCUT2D eigenvalue weighted by Gasteiger charge is -2.09. The Morgan fingerprint density at radius 2 is 2.12 bits per heavy atom. The summed E-state index contributed by atoms with van der Waals surface area (Å²) in [6.07, 6.45) is 0.575. The number of nitrogens with zero attached hydrogens (tertiary/aromatic N) is 2. The lowest BCUT2D eigenvalue weighted by molar-refractivity contribution is 0.0453. The van der Waals surface area contributed by atoms with E-state index < -0.39 is 0 Å². The normalized spacial score (nSPS) is 10.6. The number of nitrogens with one attached hydrogen (secondary N) is 3. The highest BCUT2D eigenvalue weighted by Gasteiger charge is 2.04. The monoisotopic (exact) mass is 347 g/mol. The van der Waals surface area contributed by atoms with Crippen LogP contribution in [0.1, 0.15) is 24.1 Å². The molecule has 0 radical (unpaired) electrons. The topological polar surface area (TPSA) is 101 Å². The van der Waals surface area contributed by atoms with Crippen molar-refractivity contribution in [2.45, 2.75) is 26.9 Å². The molecule has 0 fully saturated rings. The number of carbonyl (C=O) groups is 1. The highest BCUT2D eigenvalue weighted by atomic mass is 16.5. The Bertz CT molecular complexity index is 659. The van der Waals surface area contributed by atoms with E-state index in [0.717, 1.165) is 17.1 Å². The van der Waals surface area contributed by atoms with Crippen LogP contribution in [0.5, 0.6) is 0 Å². The van der Waals surface area contributed by atoms with E-state index in [-0.39, 0.29) is 6.03 Å². The number of carbonyl (C=O) groups excluding carboxylic acids is 1. The Kier molecular flexibility index (Phi) is 7.87. The quantitative estimate of drug-likeness (QED) is 0.571. The van der Waals surface area contributed by atoms with E-state index in [1.54, 1.807) is 0 Å². The van der Waals surface area contributed by atoms with Crippen LogP contribution in [-0.2, 0) is 22.5 Å². The van der Waals surface area contributed by atoms with E-state index in [0.29, 0.717) is 45.2 Å². The number of aromatic nitrogens is 3. The molecule has 0 aliphatic heterocycles. The van der Waals surface area contributed by atoms with Gasteiger partial charge in [-0.15, -0.1) is 0 Å². The van der Waals surface area contributed by atoms with Crippen LogP contribution in [0.25, 0.3) is 0 Å². The largest absolute Gasteiger partial charge is 0.379 e. The zero-order valence-electron chi connectivity index (χ0n) is 14.7. The summed E-state index contributed by atoms with van der Waals surface area (Å²) in [5.74, 6) is 1.45. The van der Waals surface area contributed by atoms with Crippen molar-refractivity contribution in [2.75, 3.05) is 31.7 Å². The number of aromatic amines is 1. The van der Waals surface area contributed by atoms with Crippen LogP contribution in [0, 0.1) is 6.92 Å². The average molecular weight is 347 g/mol. The second-order valence-corrected chi connectivity index (χ2v) is 5.42. The van der Waals surface area contributed by atoms with E-state index in [4.69, 9.17) is 9.47 Å². The van der Waals surface area contributed by atoms with Gasteiger partial charge in [0.1, 0.15) is 5.82 Å². The molecule has 0 atom stereocenters. The lowest BCUT2D eigenvalue weighted by atomic mass is 10.2.